The van der Waals surface area contributed by atoms with Gasteiger partial charge in [0.15, 0.2) is 11.2 Å². The minimum atomic E-state index is -0.705. The van der Waals surface area contributed by atoms with Crippen molar-refractivity contribution in [2.24, 2.45) is 14.1 Å². The second kappa shape index (κ2) is 8.84. The maximum absolute atomic E-state index is 13.0. The molecule has 0 unspecified atom stereocenters. The van der Waals surface area contributed by atoms with Crippen LogP contribution in [0.3, 0.4) is 0 Å². The van der Waals surface area contributed by atoms with Crippen molar-refractivity contribution < 1.29 is 5.11 Å². The fraction of sp³-hybridized carbons (Fsp3) is 0.292. The molecule has 8 nitrogen and oxygen atoms in total. The average molecular weight is 434 g/mol. The Bertz CT molecular complexity index is 1300. The zero-order valence-corrected chi connectivity index (χ0v) is 18.5. The number of aryl methyl sites for hydroxylation is 1. The second-order valence-electron chi connectivity index (χ2n) is 8.08. The maximum Gasteiger partial charge on any atom is 0.332 e. The summed E-state index contributed by atoms with van der Waals surface area (Å²) in [5.74, 6) is 0.534. The van der Waals surface area contributed by atoms with Crippen molar-refractivity contribution in [3.05, 3.63) is 92.6 Å². The number of imidazole rings is 1. The second-order valence-corrected chi connectivity index (χ2v) is 8.08. The predicted octanol–water partition coefficient (Wildman–Crippen LogP) is 2.02. The molecule has 166 valence electrons. The Labute approximate surface area is 185 Å². The van der Waals surface area contributed by atoms with Gasteiger partial charge in [0, 0.05) is 27.2 Å². The average Bonchev–Trinajstić information content (AvgIpc) is 3.16. The number of rotatable bonds is 7. The SMILES string of the molecule is C[C@@H](O)Cn1c(N(Cc2ccccc2)Cc2ccccc2)nc2c1c(=O)n(C)c(=O)n2C. The lowest BCUT2D eigenvalue weighted by Crippen LogP contribution is -2.38. The fourth-order valence-electron chi connectivity index (χ4n) is 3.92. The van der Waals surface area contributed by atoms with Crippen LogP contribution in [0.25, 0.3) is 11.2 Å². The third-order valence-corrected chi connectivity index (χ3v) is 5.49. The lowest BCUT2D eigenvalue weighted by molar-refractivity contribution is 0.175. The molecule has 0 aliphatic carbocycles. The number of fused-ring (bicyclic) bond motifs is 1. The number of aromatic nitrogens is 4. The largest absolute Gasteiger partial charge is 0.392 e. The first-order chi connectivity index (χ1) is 15.4. The first-order valence-electron chi connectivity index (χ1n) is 10.5. The predicted molar refractivity (Wildman–Crippen MR) is 125 cm³/mol. The van der Waals surface area contributed by atoms with E-state index in [1.807, 2.05) is 60.7 Å². The molecule has 0 aliphatic rings. The van der Waals surface area contributed by atoms with Gasteiger partial charge in [0.1, 0.15) is 0 Å². The van der Waals surface area contributed by atoms with Crippen LogP contribution in [0.2, 0.25) is 0 Å². The number of aliphatic hydroxyl groups excluding tert-OH is 1. The molecule has 2 heterocycles. The van der Waals surface area contributed by atoms with Crippen molar-refractivity contribution in [2.45, 2.75) is 32.7 Å². The Kier molecular flexibility index (Phi) is 5.96. The van der Waals surface area contributed by atoms with Gasteiger partial charge in [0.2, 0.25) is 5.95 Å². The van der Waals surface area contributed by atoms with Crippen LogP contribution in [0, 0.1) is 0 Å². The van der Waals surface area contributed by atoms with Crippen molar-refractivity contribution in [3.8, 4) is 0 Å². The molecule has 0 saturated carbocycles. The third-order valence-electron chi connectivity index (χ3n) is 5.49. The zero-order chi connectivity index (χ0) is 22.8. The first-order valence-corrected chi connectivity index (χ1v) is 10.5. The summed E-state index contributed by atoms with van der Waals surface area (Å²) < 4.78 is 4.18. The van der Waals surface area contributed by atoms with Crippen LogP contribution >= 0.6 is 0 Å². The molecule has 0 bridgehead atoms. The van der Waals surface area contributed by atoms with E-state index in [9.17, 15) is 14.7 Å². The molecule has 0 amide bonds. The maximum atomic E-state index is 13.0. The molecular weight excluding hydrogens is 406 g/mol. The Morgan fingerprint density at radius 3 is 1.94 bits per heavy atom. The Hall–Kier alpha value is -3.65. The van der Waals surface area contributed by atoms with Crippen LogP contribution in [0.15, 0.2) is 70.3 Å². The molecule has 32 heavy (non-hydrogen) atoms. The molecule has 4 aromatic rings. The molecule has 4 rings (SSSR count). The van der Waals surface area contributed by atoms with Crippen molar-refractivity contribution in [2.75, 3.05) is 4.90 Å². The summed E-state index contributed by atoms with van der Waals surface area (Å²) in [5.41, 5.74) is 1.91. The highest BCUT2D eigenvalue weighted by molar-refractivity contribution is 5.74. The van der Waals surface area contributed by atoms with Crippen LogP contribution in [0.1, 0.15) is 18.1 Å². The number of benzene rings is 2. The monoisotopic (exact) mass is 433 g/mol. The highest BCUT2D eigenvalue weighted by atomic mass is 16.3. The van der Waals surface area contributed by atoms with Crippen LogP contribution in [-0.4, -0.2) is 29.9 Å². The molecule has 0 spiro atoms. The number of nitrogens with zero attached hydrogens (tertiary/aromatic N) is 5. The molecule has 0 radical (unpaired) electrons. The van der Waals surface area contributed by atoms with E-state index in [2.05, 4.69) is 4.90 Å². The third kappa shape index (κ3) is 4.09. The molecule has 1 atom stereocenters. The van der Waals surface area contributed by atoms with Gasteiger partial charge in [0.25, 0.3) is 5.56 Å². The van der Waals surface area contributed by atoms with E-state index >= 15 is 0 Å². The highest BCUT2D eigenvalue weighted by Crippen LogP contribution is 2.24. The number of hydrogen-bond acceptors (Lipinski definition) is 5. The van der Waals surface area contributed by atoms with E-state index < -0.39 is 17.4 Å². The normalized spacial score (nSPS) is 12.2. The summed E-state index contributed by atoms with van der Waals surface area (Å²) in [6.45, 7) is 2.94. The minimum Gasteiger partial charge on any atom is -0.392 e. The molecule has 0 fully saturated rings. The van der Waals surface area contributed by atoms with Crippen LogP contribution in [0.5, 0.6) is 0 Å². The van der Waals surface area contributed by atoms with Crippen molar-refractivity contribution in [1.82, 2.24) is 18.7 Å². The molecule has 8 heteroatoms. The van der Waals surface area contributed by atoms with Gasteiger partial charge in [-0.3, -0.25) is 13.9 Å². The molecule has 0 aliphatic heterocycles. The van der Waals surface area contributed by atoms with Crippen molar-refractivity contribution >= 4 is 17.1 Å². The van der Waals surface area contributed by atoms with Gasteiger partial charge in [-0.25, -0.2) is 4.79 Å². The summed E-state index contributed by atoms with van der Waals surface area (Å²) >= 11 is 0. The Morgan fingerprint density at radius 1 is 0.906 bits per heavy atom. The summed E-state index contributed by atoms with van der Waals surface area (Å²) in [7, 11) is 3.06. The summed E-state index contributed by atoms with van der Waals surface area (Å²) in [6.07, 6.45) is -0.705. The summed E-state index contributed by atoms with van der Waals surface area (Å²) in [4.78, 5) is 32.4. The number of hydrogen-bond donors (Lipinski definition) is 1. The van der Waals surface area contributed by atoms with E-state index in [1.54, 1.807) is 18.5 Å². The van der Waals surface area contributed by atoms with E-state index in [0.29, 0.717) is 30.2 Å². The van der Waals surface area contributed by atoms with Gasteiger partial charge in [-0.15, -0.1) is 0 Å². The number of aliphatic hydroxyl groups is 1. The fourth-order valence-corrected chi connectivity index (χ4v) is 3.92. The molecular formula is C24H27N5O3. The minimum absolute atomic E-state index is 0.180. The Balaban J connectivity index is 1.94. The molecule has 2 aromatic heterocycles. The van der Waals surface area contributed by atoms with Gasteiger partial charge in [-0.05, 0) is 18.1 Å². The first kappa shape index (κ1) is 21.6. The lowest BCUT2D eigenvalue weighted by atomic mass is 10.2. The van der Waals surface area contributed by atoms with Gasteiger partial charge < -0.3 is 14.6 Å². The molecule has 2 aromatic carbocycles. The zero-order valence-electron chi connectivity index (χ0n) is 18.5. The van der Waals surface area contributed by atoms with Gasteiger partial charge in [0.05, 0.1) is 12.6 Å². The highest BCUT2D eigenvalue weighted by Gasteiger charge is 2.24. The summed E-state index contributed by atoms with van der Waals surface area (Å²) in [6, 6.07) is 20.0. The van der Waals surface area contributed by atoms with Crippen LogP contribution in [0.4, 0.5) is 5.95 Å². The topological polar surface area (TPSA) is 85.3 Å². The van der Waals surface area contributed by atoms with Crippen LogP contribution in [-0.2, 0) is 33.7 Å². The van der Waals surface area contributed by atoms with E-state index in [1.165, 1.54) is 11.6 Å². The quantitative estimate of drug-likeness (QED) is 0.482. The standard InChI is InChI=1S/C24H27N5O3/c1-17(30)14-29-20-21(26(2)24(32)27(3)22(20)31)25-23(29)28(15-18-10-6-4-7-11-18)16-19-12-8-5-9-13-19/h4-13,17,30H,14-16H2,1-3H3/t17-/m1/s1. The van der Waals surface area contributed by atoms with Gasteiger partial charge >= 0.3 is 5.69 Å². The lowest BCUT2D eigenvalue weighted by Gasteiger charge is -2.25. The molecule has 0 saturated heterocycles. The van der Waals surface area contributed by atoms with E-state index in [0.717, 1.165) is 15.7 Å². The molecule has 1 N–H and O–H groups in total. The van der Waals surface area contributed by atoms with E-state index in [4.69, 9.17) is 4.98 Å². The summed E-state index contributed by atoms with van der Waals surface area (Å²) in [5, 5.41) is 10.2. The smallest absolute Gasteiger partial charge is 0.332 e. The number of anilines is 1. The van der Waals surface area contributed by atoms with Crippen LogP contribution < -0.4 is 16.1 Å². The van der Waals surface area contributed by atoms with Crippen molar-refractivity contribution in [3.63, 3.8) is 0 Å². The van der Waals surface area contributed by atoms with E-state index in [-0.39, 0.29) is 6.54 Å². The van der Waals surface area contributed by atoms with Gasteiger partial charge in [-0.1, -0.05) is 60.7 Å². The Morgan fingerprint density at radius 2 is 1.44 bits per heavy atom. The van der Waals surface area contributed by atoms with Crippen molar-refractivity contribution in [1.29, 1.82) is 0 Å². The van der Waals surface area contributed by atoms with Gasteiger partial charge in [-0.2, -0.15) is 4.98 Å².